The Morgan fingerprint density at radius 1 is 1.42 bits per heavy atom. The predicted molar refractivity (Wildman–Crippen MR) is 76.7 cm³/mol. The summed E-state index contributed by atoms with van der Waals surface area (Å²) in [7, 11) is 0. The molecule has 0 atom stereocenters. The van der Waals surface area contributed by atoms with Crippen molar-refractivity contribution < 1.29 is 4.79 Å². The fraction of sp³-hybridized carbons (Fsp3) is 0.538. The molecular formula is C13H21N5O. The first-order valence-corrected chi connectivity index (χ1v) is 6.57. The second-order valence-corrected chi connectivity index (χ2v) is 5.01. The second-order valence-electron chi connectivity index (χ2n) is 5.01. The molecule has 1 aliphatic rings. The summed E-state index contributed by atoms with van der Waals surface area (Å²) in [5.74, 6) is 1.85. The molecule has 104 valence electrons. The van der Waals surface area contributed by atoms with E-state index in [1.807, 2.05) is 6.07 Å². The molecule has 0 bridgehead atoms. The average Bonchev–Trinajstić information content (AvgIpc) is 2.40. The number of carbonyl (C=O) groups is 1. The van der Waals surface area contributed by atoms with E-state index < -0.39 is 0 Å². The van der Waals surface area contributed by atoms with Crippen molar-refractivity contribution in [3.63, 3.8) is 0 Å². The highest BCUT2D eigenvalue weighted by Gasteiger charge is 2.20. The Morgan fingerprint density at radius 3 is 2.68 bits per heavy atom. The van der Waals surface area contributed by atoms with Crippen LogP contribution in [0.15, 0.2) is 12.1 Å². The molecule has 2 heterocycles. The third-order valence-corrected chi connectivity index (χ3v) is 3.52. The average molecular weight is 263 g/mol. The fourth-order valence-corrected chi connectivity index (χ4v) is 2.31. The molecule has 5 N–H and O–H groups in total. The molecule has 2 rings (SSSR count). The summed E-state index contributed by atoms with van der Waals surface area (Å²) in [5, 5.41) is 2.88. The molecule has 1 aromatic heterocycles. The molecule has 1 aliphatic heterocycles. The number of anilines is 3. The number of amides is 1. The number of pyridine rings is 1. The van der Waals surface area contributed by atoms with Gasteiger partial charge in [-0.1, -0.05) is 0 Å². The Labute approximate surface area is 113 Å². The van der Waals surface area contributed by atoms with Gasteiger partial charge in [-0.2, -0.15) is 0 Å². The van der Waals surface area contributed by atoms with Crippen LogP contribution in [0, 0.1) is 5.92 Å². The van der Waals surface area contributed by atoms with E-state index in [2.05, 4.69) is 15.2 Å². The van der Waals surface area contributed by atoms with Crippen LogP contribution in [0.1, 0.15) is 19.8 Å². The highest BCUT2D eigenvalue weighted by Crippen LogP contribution is 2.24. The third kappa shape index (κ3) is 3.49. The molecule has 19 heavy (non-hydrogen) atoms. The molecule has 1 aromatic rings. The maximum absolute atomic E-state index is 10.9. The number of nitrogen functional groups attached to an aromatic ring is 2. The highest BCUT2D eigenvalue weighted by molar-refractivity contribution is 5.72. The minimum atomic E-state index is 0.0374. The van der Waals surface area contributed by atoms with Crippen molar-refractivity contribution in [2.75, 3.05) is 36.0 Å². The molecule has 0 spiro atoms. The van der Waals surface area contributed by atoms with Crippen LogP contribution in [-0.2, 0) is 4.79 Å². The van der Waals surface area contributed by atoms with Crippen LogP contribution in [0.25, 0.3) is 0 Å². The quantitative estimate of drug-likeness (QED) is 0.742. The summed E-state index contributed by atoms with van der Waals surface area (Å²) in [4.78, 5) is 17.4. The van der Waals surface area contributed by atoms with E-state index in [0.29, 0.717) is 17.4 Å². The van der Waals surface area contributed by atoms with Gasteiger partial charge in [0.15, 0.2) is 0 Å². The van der Waals surface area contributed by atoms with Crippen LogP contribution in [0.3, 0.4) is 0 Å². The molecule has 0 radical (unpaired) electrons. The van der Waals surface area contributed by atoms with Crippen molar-refractivity contribution in [3.05, 3.63) is 12.1 Å². The zero-order chi connectivity index (χ0) is 13.8. The van der Waals surface area contributed by atoms with Gasteiger partial charge in [-0.25, -0.2) is 4.98 Å². The smallest absolute Gasteiger partial charge is 0.216 e. The zero-order valence-corrected chi connectivity index (χ0v) is 11.2. The van der Waals surface area contributed by atoms with E-state index in [1.54, 1.807) is 13.0 Å². The number of nitrogens with two attached hydrogens (primary N) is 2. The van der Waals surface area contributed by atoms with Gasteiger partial charge >= 0.3 is 0 Å². The molecule has 1 fully saturated rings. The second kappa shape index (κ2) is 5.77. The number of hydrogen-bond acceptors (Lipinski definition) is 5. The monoisotopic (exact) mass is 263 g/mol. The summed E-state index contributed by atoms with van der Waals surface area (Å²) in [6, 6.07) is 3.70. The summed E-state index contributed by atoms with van der Waals surface area (Å²) in [6.45, 7) is 4.18. The fourth-order valence-electron chi connectivity index (χ4n) is 2.31. The number of nitrogens with one attached hydrogen (secondary N) is 1. The van der Waals surface area contributed by atoms with Gasteiger partial charge in [0.2, 0.25) is 5.91 Å². The van der Waals surface area contributed by atoms with Crippen LogP contribution >= 0.6 is 0 Å². The highest BCUT2D eigenvalue weighted by atomic mass is 16.1. The van der Waals surface area contributed by atoms with Gasteiger partial charge in [-0.05, 0) is 30.9 Å². The van der Waals surface area contributed by atoms with Gasteiger partial charge in [0.1, 0.15) is 11.6 Å². The number of piperidine rings is 1. The Bertz CT molecular complexity index is 454. The van der Waals surface area contributed by atoms with Crippen LogP contribution in [0.4, 0.5) is 17.3 Å². The molecule has 0 saturated carbocycles. The van der Waals surface area contributed by atoms with Crippen molar-refractivity contribution >= 4 is 23.2 Å². The molecule has 0 unspecified atom stereocenters. The summed E-state index contributed by atoms with van der Waals surface area (Å²) in [5.41, 5.74) is 11.9. The lowest BCUT2D eigenvalue weighted by Gasteiger charge is -2.33. The van der Waals surface area contributed by atoms with Crippen molar-refractivity contribution in [3.8, 4) is 0 Å². The van der Waals surface area contributed by atoms with Gasteiger partial charge in [0.25, 0.3) is 0 Å². The first-order valence-electron chi connectivity index (χ1n) is 6.57. The van der Waals surface area contributed by atoms with E-state index >= 15 is 0 Å². The third-order valence-electron chi connectivity index (χ3n) is 3.52. The number of carbonyl (C=O) groups excluding carboxylic acids is 1. The number of rotatable bonds is 3. The SMILES string of the molecule is CC(=O)NCC1CCN(c2ccc(N)c(N)n2)CC1. The van der Waals surface area contributed by atoms with Gasteiger partial charge in [0.05, 0.1) is 5.69 Å². The number of hydrogen-bond donors (Lipinski definition) is 3. The number of aromatic nitrogens is 1. The van der Waals surface area contributed by atoms with Crippen LogP contribution < -0.4 is 21.7 Å². The van der Waals surface area contributed by atoms with E-state index in [9.17, 15) is 4.79 Å². The van der Waals surface area contributed by atoms with Gasteiger partial charge in [-0.15, -0.1) is 0 Å². The largest absolute Gasteiger partial charge is 0.396 e. The topological polar surface area (TPSA) is 97.3 Å². The van der Waals surface area contributed by atoms with Crippen molar-refractivity contribution in [2.45, 2.75) is 19.8 Å². The first kappa shape index (κ1) is 13.5. The Morgan fingerprint density at radius 2 is 2.11 bits per heavy atom. The van der Waals surface area contributed by atoms with Crippen LogP contribution in [0.5, 0.6) is 0 Å². The molecular weight excluding hydrogens is 242 g/mol. The van der Waals surface area contributed by atoms with Crippen molar-refractivity contribution in [1.29, 1.82) is 0 Å². The zero-order valence-electron chi connectivity index (χ0n) is 11.2. The molecule has 1 saturated heterocycles. The maximum Gasteiger partial charge on any atom is 0.216 e. The van der Waals surface area contributed by atoms with Gasteiger partial charge < -0.3 is 21.7 Å². The van der Waals surface area contributed by atoms with Crippen LogP contribution in [-0.4, -0.2) is 30.5 Å². The lowest BCUT2D eigenvalue weighted by Crippen LogP contribution is -2.38. The Kier molecular flexibility index (Phi) is 4.09. The maximum atomic E-state index is 10.9. The minimum Gasteiger partial charge on any atom is -0.396 e. The summed E-state index contributed by atoms with van der Waals surface area (Å²) >= 11 is 0. The molecule has 6 heteroatoms. The van der Waals surface area contributed by atoms with E-state index in [0.717, 1.165) is 38.3 Å². The summed E-state index contributed by atoms with van der Waals surface area (Å²) in [6.07, 6.45) is 2.10. The molecule has 6 nitrogen and oxygen atoms in total. The van der Waals surface area contributed by atoms with Crippen molar-refractivity contribution in [2.24, 2.45) is 5.92 Å². The summed E-state index contributed by atoms with van der Waals surface area (Å²) < 4.78 is 0. The van der Waals surface area contributed by atoms with Gasteiger partial charge in [0, 0.05) is 26.6 Å². The van der Waals surface area contributed by atoms with E-state index in [4.69, 9.17) is 11.5 Å². The minimum absolute atomic E-state index is 0.0374. The predicted octanol–water partition coefficient (Wildman–Crippen LogP) is 0.599. The molecule has 1 amide bonds. The van der Waals surface area contributed by atoms with Gasteiger partial charge in [-0.3, -0.25) is 4.79 Å². The molecule has 0 aromatic carbocycles. The van der Waals surface area contributed by atoms with Crippen molar-refractivity contribution in [1.82, 2.24) is 10.3 Å². The lowest BCUT2D eigenvalue weighted by atomic mass is 9.97. The van der Waals surface area contributed by atoms with E-state index in [1.165, 1.54) is 0 Å². The standard InChI is InChI=1S/C13H21N5O/c1-9(19)16-8-10-4-6-18(7-5-10)12-3-2-11(14)13(15)17-12/h2-3,10H,4-8,14H2,1H3,(H2,15,17)(H,16,19). The van der Waals surface area contributed by atoms with E-state index in [-0.39, 0.29) is 5.91 Å². The van der Waals surface area contributed by atoms with Crippen LogP contribution in [0.2, 0.25) is 0 Å². The Balaban J connectivity index is 1.88. The number of nitrogens with zero attached hydrogens (tertiary/aromatic N) is 2. The first-order chi connectivity index (χ1) is 9.06. The molecule has 0 aliphatic carbocycles. The Hall–Kier alpha value is -1.98. The normalized spacial score (nSPS) is 16.4. The lowest BCUT2D eigenvalue weighted by molar-refractivity contribution is -0.119.